The summed E-state index contributed by atoms with van der Waals surface area (Å²) in [4.78, 5) is 14.5. The van der Waals surface area contributed by atoms with Crippen molar-refractivity contribution < 1.29 is 18.7 Å². The number of hydrogen-bond donors (Lipinski definition) is 2. The zero-order valence-corrected chi connectivity index (χ0v) is 15.0. The third-order valence-electron chi connectivity index (χ3n) is 4.90. The monoisotopic (exact) mass is 360 g/mol. The molecule has 0 bridgehead atoms. The molecule has 2 aromatic carbocycles. The van der Waals surface area contributed by atoms with Crippen LogP contribution in [0.1, 0.15) is 31.0 Å². The summed E-state index contributed by atoms with van der Waals surface area (Å²) in [6, 6.07) is 9.34. The van der Waals surface area contributed by atoms with E-state index in [0.717, 1.165) is 0 Å². The lowest BCUT2D eigenvalue weighted by Gasteiger charge is -2.34. The Labute approximate surface area is 151 Å². The average molecular weight is 360 g/mol. The van der Waals surface area contributed by atoms with Crippen molar-refractivity contribution in [3.8, 4) is 0 Å². The molecule has 0 unspecified atom stereocenters. The van der Waals surface area contributed by atoms with Gasteiger partial charge in [0.2, 0.25) is 5.91 Å². The van der Waals surface area contributed by atoms with E-state index in [4.69, 9.17) is 0 Å². The summed E-state index contributed by atoms with van der Waals surface area (Å²) in [7, 11) is 1.66. The minimum atomic E-state index is -1.05. The number of nitrogens with zero attached hydrogens (tertiary/aromatic N) is 1. The first kappa shape index (κ1) is 18.5. The van der Waals surface area contributed by atoms with Crippen molar-refractivity contribution in [2.24, 2.45) is 0 Å². The molecule has 1 amide bonds. The molecule has 2 atom stereocenters. The Morgan fingerprint density at radius 1 is 1.19 bits per heavy atom. The fourth-order valence-corrected chi connectivity index (χ4v) is 3.60. The Hall–Kier alpha value is -2.31. The van der Waals surface area contributed by atoms with Crippen molar-refractivity contribution in [2.75, 3.05) is 18.5 Å². The normalized spacial score (nSPS) is 17.9. The van der Waals surface area contributed by atoms with Gasteiger partial charge in [0, 0.05) is 6.54 Å². The third kappa shape index (κ3) is 2.89. The van der Waals surface area contributed by atoms with Crippen molar-refractivity contribution in [1.82, 2.24) is 5.32 Å². The average Bonchev–Trinajstić information content (AvgIpc) is 2.78. The molecule has 2 N–H and O–H groups in total. The van der Waals surface area contributed by atoms with Crippen molar-refractivity contribution in [3.63, 3.8) is 0 Å². The van der Waals surface area contributed by atoms with Crippen LogP contribution in [-0.2, 0) is 10.2 Å². The second-order valence-corrected chi connectivity index (χ2v) is 7.06. The molecule has 26 heavy (non-hydrogen) atoms. The van der Waals surface area contributed by atoms with E-state index in [1.807, 2.05) is 0 Å². The van der Waals surface area contributed by atoms with Crippen LogP contribution in [0.25, 0.3) is 0 Å². The highest BCUT2D eigenvalue weighted by atomic mass is 19.1. The number of likely N-dealkylation sites (N-methyl/N-ethyl adjacent to an activating group) is 1. The van der Waals surface area contributed by atoms with Crippen LogP contribution >= 0.6 is 0 Å². The second kappa shape index (κ2) is 6.78. The van der Waals surface area contributed by atoms with E-state index in [2.05, 4.69) is 5.32 Å². The van der Waals surface area contributed by atoms with Crippen LogP contribution in [0.3, 0.4) is 0 Å². The van der Waals surface area contributed by atoms with E-state index >= 15 is 0 Å². The lowest BCUT2D eigenvalue weighted by Crippen LogP contribution is -2.45. The van der Waals surface area contributed by atoms with Gasteiger partial charge in [-0.15, -0.1) is 0 Å². The van der Waals surface area contributed by atoms with Gasteiger partial charge in [0.1, 0.15) is 11.6 Å². The van der Waals surface area contributed by atoms with E-state index in [1.165, 1.54) is 29.2 Å². The molecule has 1 aliphatic rings. The molecule has 0 radical (unpaired) electrons. The van der Waals surface area contributed by atoms with Gasteiger partial charge in [-0.25, -0.2) is 8.78 Å². The Morgan fingerprint density at radius 3 is 2.54 bits per heavy atom. The minimum Gasteiger partial charge on any atom is -0.389 e. The number of rotatable bonds is 5. The quantitative estimate of drug-likeness (QED) is 0.862. The molecule has 4 nitrogen and oxygen atoms in total. The number of hydrogen-bond acceptors (Lipinski definition) is 3. The number of para-hydroxylation sites is 1. The van der Waals surface area contributed by atoms with Gasteiger partial charge in [-0.1, -0.05) is 24.3 Å². The first-order valence-electron chi connectivity index (χ1n) is 8.49. The summed E-state index contributed by atoms with van der Waals surface area (Å²) in [6.07, 6.45) is -1.05. The van der Waals surface area contributed by atoms with Gasteiger partial charge in [0.15, 0.2) is 0 Å². The first-order valence-corrected chi connectivity index (χ1v) is 8.49. The van der Waals surface area contributed by atoms with Crippen molar-refractivity contribution >= 4 is 11.6 Å². The van der Waals surface area contributed by atoms with Crippen molar-refractivity contribution in [2.45, 2.75) is 31.4 Å². The number of benzene rings is 2. The predicted molar refractivity (Wildman–Crippen MR) is 96.0 cm³/mol. The topological polar surface area (TPSA) is 52.6 Å². The Bertz CT molecular complexity index is 838. The zero-order chi connectivity index (χ0) is 19.1. The van der Waals surface area contributed by atoms with E-state index < -0.39 is 29.2 Å². The van der Waals surface area contributed by atoms with Crippen LogP contribution in [0.5, 0.6) is 0 Å². The number of carbonyl (C=O) groups is 1. The van der Waals surface area contributed by atoms with Crippen LogP contribution in [0.4, 0.5) is 14.5 Å². The van der Waals surface area contributed by atoms with Gasteiger partial charge in [-0.3, -0.25) is 9.69 Å². The molecule has 2 aromatic rings. The molecule has 0 saturated carbocycles. The predicted octanol–water partition coefficient (Wildman–Crippen LogP) is 2.91. The summed E-state index contributed by atoms with van der Waals surface area (Å²) in [6.45, 7) is 3.61. The van der Waals surface area contributed by atoms with Gasteiger partial charge in [0.25, 0.3) is 0 Å². The zero-order valence-electron chi connectivity index (χ0n) is 15.0. The fraction of sp³-hybridized carbons (Fsp3) is 0.350. The van der Waals surface area contributed by atoms with Gasteiger partial charge in [-0.2, -0.15) is 0 Å². The molecule has 0 aliphatic carbocycles. The summed E-state index contributed by atoms with van der Waals surface area (Å²) in [5, 5.41) is 13.6. The lowest BCUT2D eigenvalue weighted by atomic mass is 9.86. The minimum absolute atomic E-state index is 0.145. The highest BCUT2D eigenvalue weighted by molar-refractivity contribution is 6.08. The van der Waals surface area contributed by atoms with Crippen molar-refractivity contribution in [1.29, 1.82) is 0 Å². The summed E-state index contributed by atoms with van der Waals surface area (Å²) >= 11 is 0. The molecule has 1 aliphatic heterocycles. The molecule has 0 aromatic heterocycles. The molecule has 3 rings (SSSR count). The molecule has 138 valence electrons. The number of aliphatic hydroxyl groups excluding tert-OH is 1. The highest BCUT2D eigenvalue weighted by Crippen LogP contribution is 2.47. The van der Waals surface area contributed by atoms with E-state index in [0.29, 0.717) is 11.1 Å². The standard InChI is InChI=1S/C20H22F2N2O2/c1-20(2)14-8-5-9-15(22)18(14)24(19(20)26)17(16(25)11-23-3)12-6-4-7-13(21)10-12/h4-10,16-17,23,25H,11H2,1-3H3/t16-,17+/m0/s1. The lowest BCUT2D eigenvalue weighted by molar-refractivity contribution is -0.123. The molecule has 0 spiro atoms. The van der Waals surface area contributed by atoms with Gasteiger partial charge < -0.3 is 10.4 Å². The maximum absolute atomic E-state index is 14.7. The van der Waals surface area contributed by atoms with E-state index in [-0.39, 0.29) is 18.1 Å². The Balaban J connectivity index is 2.20. The molecule has 6 heteroatoms. The molecule has 0 saturated heterocycles. The Kier molecular flexibility index (Phi) is 4.82. The summed E-state index contributed by atoms with van der Waals surface area (Å²) < 4.78 is 28.5. The first-order chi connectivity index (χ1) is 12.3. The number of halogens is 2. The number of amides is 1. The third-order valence-corrected chi connectivity index (χ3v) is 4.90. The summed E-state index contributed by atoms with van der Waals surface area (Å²) in [5.41, 5.74) is 0.169. The van der Waals surface area contributed by atoms with Crippen LogP contribution in [0.15, 0.2) is 42.5 Å². The number of fused-ring (bicyclic) bond motifs is 1. The molecular weight excluding hydrogens is 338 g/mol. The Morgan fingerprint density at radius 2 is 1.88 bits per heavy atom. The number of nitrogens with one attached hydrogen (secondary N) is 1. The van der Waals surface area contributed by atoms with Gasteiger partial charge in [0.05, 0.1) is 23.2 Å². The van der Waals surface area contributed by atoms with Gasteiger partial charge in [-0.05, 0) is 50.2 Å². The molecular formula is C20H22F2N2O2. The number of aliphatic hydroxyl groups is 1. The summed E-state index contributed by atoms with van der Waals surface area (Å²) in [5.74, 6) is -1.36. The van der Waals surface area contributed by atoms with Crippen LogP contribution in [0, 0.1) is 11.6 Å². The highest BCUT2D eigenvalue weighted by Gasteiger charge is 2.49. The molecule has 1 heterocycles. The van der Waals surface area contributed by atoms with Crippen LogP contribution < -0.4 is 10.2 Å². The second-order valence-electron chi connectivity index (χ2n) is 7.06. The maximum Gasteiger partial charge on any atom is 0.237 e. The van der Waals surface area contributed by atoms with Crippen LogP contribution in [-0.4, -0.2) is 30.7 Å². The van der Waals surface area contributed by atoms with E-state index in [1.54, 1.807) is 39.1 Å². The van der Waals surface area contributed by atoms with Crippen molar-refractivity contribution in [3.05, 3.63) is 65.2 Å². The fourth-order valence-electron chi connectivity index (χ4n) is 3.60. The van der Waals surface area contributed by atoms with Gasteiger partial charge >= 0.3 is 0 Å². The van der Waals surface area contributed by atoms with Crippen LogP contribution in [0.2, 0.25) is 0 Å². The van der Waals surface area contributed by atoms with E-state index in [9.17, 15) is 18.7 Å². The smallest absolute Gasteiger partial charge is 0.237 e. The maximum atomic E-state index is 14.7. The molecule has 0 fully saturated rings. The largest absolute Gasteiger partial charge is 0.389 e. The number of carbonyl (C=O) groups excluding carboxylic acids is 1. The number of anilines is 1. The SMILES string of the molecule is CNC[C@H](O)[C@@H](c1cccc(F)c1)N1C(=O)C(C)(C)c2cccc(F)c21.